The van der Waals surface area contributed by atoms with Gasteiger partial charge < -0.3 is 10.5 Å². The topological polar surface area (TPSA) is 51.4 Å². The van der Waals surface area contributed by atoms with E-state index in [1.165, 1.54) is 18.4 Å². The lowest BCUT2D eigenvalue weighted by Gasteiger charge is -2.31. The van der Waals surface area contributed by atoms with Gasteiger partial charge in [-0.2, -0.15) is 0 Å². The highest BCUT2D eigenvalue weighted by molar-refractivity contribution is 5.17. The first kappa shape index (κ1) is 14.4. The number of rotatable bonds is 6. The third kappa shape index (κ3) is 3.75. The summed E-state index contributed by atoms with van der Waals surface area (Å²) in [7, 11) is 0. The Balaban J connectivity index is 2.06. The van der Waals surface area contributed by atoms with Gasteiger partial charge in [-0.3, -0.25) is 9.88 Å². The Morgan fingerprint density at radius 1 is 1.53 bits per heavy atom. The molecule has 0 radical (unpaired) electrons. The van der Waals surface area contributed by atoms with Crippen LogP contribution in [0, 0.1) is 6.92 Å². The summed E-state index contributed by atoms with van der Waals surface area (Å²) in [5.74, 6) is 0. The molecule has 0 bridgehead atoms. The fourth-order valence-corrected chi connectivity index (χ4v) is 2.70. The van der Waals surface area contributed by atoms with Gasteiger partial charge in [0, 0.05) is 37.6 Å². The van der Waals surface area contributed by atoms with E-state index < -0.39 is 0 Å². The molecule has 0 amide bonds. The lowest BCUT2D eigenvalue weighted by molar-refractivity contribution is 0.0601. The van der Waals surface area contributed by atoms with Crippen LogP contribution in [0.3, 0.4) is 0 Å². The van der Waals surface area contributed by atoms with Gasteiger partial charge in [-0.1, -0.05) is 13.0 Å². The molecular formula is C15H25N3O. The quantitative estimate of drug-likeness (QED) is 0.851. The zero-order valence-corrected chi connectivity index (χ0v) is 12.0. The van der Waals surface area contributed by atoms with Crippen LogP contribution in [-0.4, -0.2) is 42.2 Å². The van der Waals surface area contributed by atoms with Crippen molar-refractivity contribution in [2.75, 3.05) is 26.2 Å². The van der Waals surface area contributed by atoms with Crippen LogP contribution in [0.4, 0.5) is 0 Å². The molecule has 1 aromatic rings. The molecule has 0 aromatic carbocycles. The number of aryl methyl sites for hydroxylation is 1. The highest BCUT2D eigenvalue weighted by Crippen LogP contribution is 2.22. The summed E-state index contributed by atoms with van der Waals surface area (Å²) in [4.78, 5) is 6.79. The number of nitrogens with two attached hydrogens (primary N) is 1. The minimum Gasteiger partial charge on any atom is -0.377 e. The van der Waals surface area contributed by atoms with Gasteiger partial charge in [0.15, 0.2) is 0 Å². The maximum absolute atomic E-state index is 5.98. The number of hydrogen-bond acceptors (Lipinski definition) is 4. The van der Waals surface area contributed by atoms with Crippen molar-refractivity contribution in [1.29, 1.82) is 0 Å². The average Bonchev–Trinajstić information content (AvgIpc) is 2.93. The molecule has 19 heavy (non-hydrogen) atoms. The predicted molar refractivity (Wildman–Crippen MR) is 77.0 cm³/mol. The van der Waals surface area contributed by atoms with E-state index >= 15 is 0 Å². The van der Waals surface area contributed by atoms with E-state index in [0.29, 0.717) is 12.6 Å². The maximum atomic E-state index is 5.98. The molecule has 2 N–H and O–H groups in total. The van der Waals surface area contributed by atoms with Gasteiger partial charge in [-0.25, -0.2) is 0 Å². The van der Waals surface area contributed by atoms with E-state index in [-0.39, 0.29) is 6.04 Å². The van der Waals surface area contributed by atoms with Crippen LogP contribution >= 0.6 is 0 Å². The van der Waals surface area contributed by atoms with Crippen LogP contribution in [0.15, 0.2) is 18.3 Å². The van der Waals surface area contributed by atoms with E-state index in [2.05, 4.69) is 28.9 Å². The van der Waals surface area contributed by atoms with Gasteiger partial charge in [0.2, 0.25) is 0 Å². The van der Waals surface area contributed by atoms with Crippen LogP contribution in [0.2, 0.25) is 0 Å². The highest BCUT2D eigenvalue weighted by Gasteiger charge is 2.24. The third-order valence-electron chi connectivity index (χ3n) is 3.85. The molecule has 2 unspecified atom stereocenters. The second-order valence-electron chi connectivity index (χ2n) is 5.21. The van der Waals surface area contributed by atoms with Crippen molar-refractivity contribution in [3.8, 4) is 0 Å². The smallest absolute Gasteiger partial charge is 0.0703 e. The van der Waals surface area contributed by atoms with Crippen molar-refractivity contribution < 1.29 is 4.74 Å². The van der Waals surface area contributed by atoms with Crippen LogP contribution < -0.4 is 5.73 Å². The predicted octanol–water partition coefficient (Wildman–Crippen LogP) is 1.89. The van der Waals surface area contributed by atoms with Crippen LogP contribution in [-0.2, 0) is 4.74 Å². The number of aromatic nitrogens is 1. The van der Waals surface area contributed by atoms with Crippen molar-refractivity contribution in [3.05, 3.63) is 29.6 Å². The van der Waals surface area contributed by atoms with Crippen molar-refractivity contribution in [1.82, 2.24) is 9.88 Å². The summed E-state index contributed by atoms with van der Waals surface area (Å²) in [6.07, 6.45) is 4.67. The molecule has 4 heteroatoms. The molecule has 1 aliphatic rings. The first-order valence-electron chi connectivity index (χ1n) is 7.22. The average molecular weight is 263 g/mol. The van der Waals surface area contributed by atoms with Crippen LogP contribution in [0.5, 0.6) is 0 Å². The van der Waals surface area contributed by atoms with E-state index in [1.54, 1.807) is 0 Å². The van der Waals surface area contributed by atoms with E-state index in [0.717, 1.165) is 25.4 Å². The fourth-order valence-electron chi connectivity index (χ4n) is 2.70. The van der Waals surface area contributed by atoms with Gasteiger partial charge in [-0.05, 0) is 37.9 Å². The molecule has 4 nitrogen and oxygen atoms in total. The highest BCUT2D eigenvalue weighted by atomic mass is 16.5. The van der Waals surface area contributed by atoms with Gasteiger partial charge >= 0.3 is 0 Å². The molecule has 0 aliphatic carbocycles. The van der Waals surface area contributed by atoms with E-state index in [9.17, 15) is 0 Å². The van der Waals surface area contributed by atoms with Gasteiger partial charge in [0.1, 0.15) is 0 Å². The van der Waals surface area contributed by atoms with Crippen molar-refractivity contribution >= 4 is 0 Å². The molecule has 2 rings (SSSR count). The minimum absolute atomic E-state index is 0.238. The first-order chi connectivity index (χ1) is 9.24. The molecule has 0 saturated carbocycles. The Morgan fingerprint density at radius 2 is 2.37 bits per heavy atom. The Kier molecular flexibility index (Phi) is 5.31. The lowest BCUT2D eigenvalue weighted by Crippen LogP contribution is -2.38. The largest absolute Gasteiger partial charge is 0.377 e. The molecular weight excluding hydrogens is 238 g/mol. The molecule has 2 atom stereocenters. The fraction of sp³-hybridized carbons (Fsp3) is 0.667. The molecule has 1 saturated heterocycles. The molecule has 0 spiro atoms. The SMILES string of the molecule is CCN(CC1CCCO1)C(CN)c1ccc(C)nc1. The lowest BCUT2D eigenvalue weighted by atomic mass is 10.1. The summed E-state index contributed by atoms with van der Waals surface area (Å²) >= 11 is 0. The maximum Gasteiger partial charge on any atom is 0.0703 e. The monoisotopic (exact) mass is 263 g/mol. The van der Waals surface area contributed by atoms with Crippen molar-refractivity contribution in [2.45, 2.75) is 38.8 Å². The summed E-state index contributed by atoms with van der Waals surface area (Å²) in [6, 6.07) is 4.43. The summed E-state index contributed by atoms with van der Waals surface area (Å²) in [5, 5.41) is 0. The summed E-state index contributed by atoms with van der Waals surface area (Å²) in [6.45, 7) is 7.65. The summed E-state index contributed by atoms with van der Waals surface area (Å²) in [5.41, 5.74) is 8.23. The zero-order valence-electron chi connectivity index (χ0n) is 12.0. The molecule has 1 fully saturated rings. The van der Waals surface area contributed by atoms with Gasteiger partial charge in [0.05, 0.1) is 6.10 Å². The Labute approximate surface area is 116 Å². The normalized spacial score (nSPS) is 20.9. The third-order valence-corrected chi connectivity index (χ3v) is 3.85. The van der Waals surface area contributed by atoms with E-state index in [1.807, 2.05) is 13.1 Å². The molecule has 2 heterocycles. The van der Waals surface area contributed by atoms with Gasteiger partial charge in [-0.15, -0.1) is 0 Å². The standard InChI is InChI=1S/C15H25N3O/c1-3-18(11-14-5-4-8-19-14)15(9-16)13-7-6-12(2)17-10-13/h6-7,10,14-15H,3-5,8-9,11,16H2,1-2H3. The first-order valence-corrected chi connectivity index (χ1v) is 7.22. The minimum atomic E-state index is 0.238. The number of hydrogen-bond donors (Lipinski definition) is 1. The number of nitrogens with zero attached hydrogens (tertiary/aromatic N) is 2. The van der Waals surface area contributed by atoms with Crippen molar-refractivity contribution in [2.24, 2.45) is 5.73 Å². The number of likely N-dealkylation sites (N-methyl/N-ethyl adjacent to an activating group) is 1. The molecule has 1 aliphatic heterocycles. The second kappa shape index (κ2) is 6.98. The van der Waals surface area contributed by atoms with Crippen molar-refractivity contribution in [3.63, 3.8) is 0 Å². The zero-order chi connectivity index (χ0) is 13.7. The Morgan fingerprint density at radius 3 is 2.89 bits per heavy atom. The number of pyridine rings is 1. The van der Waals surface area contributed by atoms with Crippen LogP contribution in [0.25, 0.3) is 0 Å². The Hall–Kier alpha value is -0.970. The molecule has 106 valence electrons. The number of ether oxygens (including phenoxy) is 1. The Bertz CT molecular complexity index is 373. The molecule has 1 aromatic heterocycles. The van der Waals surface area contributed by atoms with E-state index in [4.69, 9.17) is 10.5 Å². The van der Waals surface area contributed by atoms with Crippen LogP contribution in [0.1, 0.15) is 37.1 Å². The second-order valence-corrected chi connectivity index (χ2v) is 5.21. The summed E-state index contributed by atoms with van der Waals surface area (Å²) < 4.78 is 5.74. The van der Waals surface area contributed by atoms with Gasteiger partial charge in [0.25, 0.3) is 0 Å².